The second-order valence-electron chi connectivity index (χ2n) is 7.58. The summed E-state index contributed by atoms with van der Waals surface area (Å²) in [6.45, 7) is 2.58. The number of carbonyl (C=O) groups is 1. The van der Waals surface area contributed by atoms with E-state index in [0.29, 0.717) is 18.6 Å². The summed E-state index contributed by atoms with van der Waals surface area (Å²) in [6.07, 6.45) is 4.49. The van der Waals surface area contributed by atoms with Gasteiger partial charge in [0, 0.05) is 12.1 Å². The van der Waals surface area contributed by atoms with E-state index in [2.05, 4.69) is 10.2 Å². The van der Waals surface area contributed by atoms with Crippen molar-refractivity contribution in [1.82, 2.24) is 10.2 Å². The number of amides is 1. The molecule has 0 bridgehead atoms. The first kappa shape index (κ1) is 23.0. The van der Waals surface area contributed by atoms with Crippen molar-refractivity contribution < 1.29 is 20.0 Å². The zero-order valence-corrected chi connectivity index (χ0v) is 18.2. The van der Waals surface area contributed by atoms with Crippen LogP contribution in [0.4, 0.5) is 5.69 Å². The molecule has 162 valence electrons. The number of hydrogen-bond acceptors (Lipinski definition) is 5. The lowest BCUT2D eigenvalue weighted by Gasteiger charge is -2.44. The number of fused-ring (bicyclic) bond motifs is 1. The number of alkyl halides is 3. The van der Waals surface area contributed by atoms with Gasteiger partial charge in [-0.15, -0.1) is 0 Å². The molecule has 0 aliphatic carbocycles. The van der Waals surface area contributed by atoms with Gasteiger partial charge in [-0.25, -0.2) is 5.21 Å². The second kappa shape index (κ2) is 10.1. The van der Waals surface area contributed by atoms with Gasteiger partial charge in [-0.1, -0.05) is 53.4 Å². The van der Waals surface area contributed by atoms with E-state index in [0.717, 1.165) is 32.4 Å². The fourth-order valence-electron chi connectivity index (χ4n) is 4.27. The van der Waals surface area contributed by atoms with E-state index in [9.17, 15) is 15.2 Å². The number of halogens is 3. The monoisotopic (exact) mass is 465 g/mol. The third-order valence-electron chi connectivity index (χ3n) is 5.67. The third kappa shape index (κ3) is 5.95. The van der Waals surface area contributed by atoms with Gasteiger partial charge in [0.15, 0.2) is 11.9 Å². The Morgan fingerprint density at radius 1 is 1.28 bits per heavy atom. The predicted octanol–water partition coefficient (Wildman–Crippen LogP) is 2.80. The van der Waals surface area contributed by atoms with Crippen molar-refractivity contribution in [3.05, 3.63) is 35.0 Å². The summed E-state index contributed by atoms with van der Waals surface area (Å²) in [5, 5.41) is 22.0. The van der Waals surface area contributed by atoms with Crippen molar-refractivity contribution in [2.45, 2.75) is 48.2 Å². The number of ether oxygens (including phenoxy) is 1. The first-order valence-electron chi connectivity index (χ1n) is 9.83. The van der Waals surface area contributed by atoms with Crippen LogP contribution in [0.15, 0.2) is 24.3 Å². The molecule has 2 aliphatic rings. The highest BCUT2D eigenvalue weighted by Crippen LogP contribution is 2.34. The van der Waals surface area contributed by atoms with E-state index in [-0.39, 0.29) is 11.3 Å². The molecule has 0 radical (unpaired) electrons. The van der Waals surface area contributed by atoms with Gasteiger partial charge >= 0.3 is 0 Å². The number of para-hydroxylation sites is 1. The highest BCUT2D eigenvalue weighted by Gasteiger charge is 2.38. The minimum atomic E-state index is -1.89. The van der Waals surface area contributed by atoms with E-state index in [1.807, 2.05) is 0 Å². The van der Waals surface area contributed by atoms with E-state index < -0.39 is 21.2 Å². The summed E-state index contributed by atoms with van der Waals surface area (Å²) in [6, 6.07) is 6.34. The molecule has 3 N–H and O–H groups in total. The maximum Gasteiger partial charge on any atom is 0.259 e. The highest BCUT2D eigenvalue weighted by atomic mass is 35.6. The minimum absolute atomic E-state index is 0.0148. The van der Waals surface area contributed by atoms with Crippen LogP contribution in [0, 0.1) is 11.1 Å². The Hall–Kier alpha value is -0.640. The van der Waals surface area contributed by atoms with Crippen LogP contribution in [0.5, 0.6) is 0 Å². The van der Waals surface area contributed by atoms with Crippen LogP contribution in [0.25, 0.3) is 0 Å². The first-order valence-corrected chi connectivity index (χ1v) is 11.0. The molecule has 4 unspecified atom stereocenters. The Labute approximate surface area is 185 Å². The van der Waals surface area contributed by atoms with Crippen LogP contribution in [-0.2, 0) is 4.74 Å². The molecule has 1 aromatic carbocycles. The molecule has 0 aromatic heterocycles. The van der Waals surface area contributed by atoms with Crippen molar-refractivity contribution in [1.29, 1.82) is 0 Å². The SMILES string of the molecule is O=C(NC(OCC1CCCN2CCCCC12)C(Cl)(Cl)Cl)c1ccccc1[NH+]([O-])O. The molecule has 2 aliphatic heterocycles. The smallest absolute Gasteiger partial charge is 0.259 e. The molecular weight excluding hydrogens is 441 g/mol. The largest absolute Gasteiger partial charge is 0.595 e. The summed E-state index contributed by atoms with van der Waals surface area (Å²) < 4.78 is 3.99. The van der Waals surface area contributed by atoms with Gasteiger partial charge in [-0.2, -0.15) is 5.23 Å². The number of benzene rings is 1. The quantitative estimate of drug-likeness (QED) is 0.341. The van der Waals surface area contributed by atoms with Gasteiger partial charge in [-0.05, 0) is 50.8 Å². The Morgan fingerprint density at radius 2 is 2.00 bits per heavy atom. The molecule has 0 saturated carbocycles. The number of hydrogen-bond donors (Lipinski definition) is 3. The number of carbonyl (C=O) groups excluding carboxylic acids is 1. The Morgan fingerprint density at radius 3 is 2.72 bits per heavy atom. The third-order valence-corrected chi connectivity index (χ3v) is 6.26. The zero-order chi connectivity index (χ0) is 21.0. The molecule has 4 atom stereocenters. The van der Waals surface area contributed by atoms with Crippen molar-refractivity contribution in [3.63, 3.8) is 0 Å². The average molecular weight is 467 g/mol. The number of nitrogens with one attached hydrogen (secondary N) is 2. The average Bonchev–Trinajstić information content (AvgIpc) is 2.70. The Bertz CT molecular complexity index is 700. The molecule has 1 aromatic rings. The summed E-state index contributed by atoms with van der Waals surface area (Å²) in [4.78, 5) is 15.2. The van der Waals surface area contributed by atoms with Gasteiger partial charge in [0.25, 0.3) is 5.91 Å². The topological polar surface area (TPSA) is 89.3 Å². The molecule has 7 nitrogen and oxygen atoms in total. The Kier molecular flexibility index (Phi) is 8.03. The zero-order valence-electron chi connectivity index (χ0n) is 16.0. The van der Waals surface area contributed by atoms with Gasteiger partial charge in [0.2, 0.25) is 3.79 Å². The fraction of sp³-hybridized carbons (Fsp3) is 0.632. The summed E-state index contributed by atoms with van der Waals surface area (Å²) >= 11 is 18.2. The standard InChI is InChI=1S/C19H26Cl3N3O4/c20-19(21,22)18(23-17(26)14-7-1-2-9-16(14)25(27)28)29-12-13-6-5-11-24-10-4-3-8-15(13)24/h1-2,7,9,13,15,18,25,27H,3-6,8,10-12H2,(H,23,26). The molecule has 2 heterocycles. The molecule has 10 heteroatoms. The van der Waals surface area contributed by atoms with E-state index >= 15 is 0 Å². The van der Waals surface area contributed by atoms with Gasteiger partial charge in [0.1, 0.15) is 5.56 Å². The van der Waals surface area contributed by atoms with Gasteiger partial charge < -0.3 is 20.2 Å². The number of quaternary nitrogens is 1. The predicted molar refractivity (Wildman–Crippen MR) is 112 cm³/mol. The summed E-state index contributed by atoms with van der Waals surface area (Å²) in [7, 11) is 0. The molecule has 0 spiro atoms. The lowest BCUT2D eigenvalue weighted by atomic mass is 9.84. The number of rotatable bonds is 6. The van der Waals surface area contributed by atoms with Gasteiger partial charge in [-0.3, -0.25) is 4.79 Å². The van der Waals surface area contributed by atoms with Crippen LogP contribution in [0.2, 0.25) is 0 Å². The fourth-order valence-corrected chi connectivity index (χ4v) is 4.63. The van der Waals surface area contributed by atoms with E-state index in [4.69, 9.17) is 39.5 Å². The van der Waals surface area contributed by atoms with Crippen molar-refractivity contribution in [2.75, 3.05) is 19.7 Å². The summed E-state index contributed by atoms with van der Waals surface area (Å²) in [5.41, 5.74) is -0.142. The van der Waals surface area contributed by atoms with Crippen molar-refractivity contribution in [2.24, 2.45) is 5.92 Å². The maximum absolute atomic E-state index is 12.7. The van der Waals surface area contributed by atoms with Crippen LogP contribution < -0.4 is 10.5 Å². The molecule has 2 saturated heterocycles. The normalized spacial score (nSPS) is 25.1. The van der Waals surface area contributed by atoms with Crippen LogP contribution >= 0.6 is 34.8 Å². The molecule has 2 fully saturated rings. The summed E-state index contributed by atoms with van der Waals surface area (Å²) in [5.74, 6) is -0.357. The first-order chi connectivity index (χ1) is 13.8. The highest BCUT2D eigenvalue weighted by molar-refractivity contribution is 6.68. The van der Waals surface area contributed by atoms with E-state index in [1.165, 1.54) is 25.0 Å². The van der Waals surface area contributed by atoms with Crippen molar-refractivity contribution in [3.8, 4) is 0 Å². The van der Waals surface area contributed by atoms with Crippen molar-refractivity contribution >= 4 is 46.4 Å². The second-order valence-corrected chi connectivity index (χ2v) is 9.95. The molecular formula is C19H26Cl3N3O4. The molecule has 3 rings (SSSR count). The molecule has 1 amide bonds. The van der Waals surface area contributed by atoms with Crippen LogP contribution in [-0.4, -0.2) is 51.8 Å². The van der Waals surface area contributed by atoms with Gasteiger partial charge in [0.05, 0.1) is 6.61 Å². The Balaban J connectivity index is 1.67. The molecule has 29 heavy (non-hydrogen) atoms. The van der Waals surface area contributed by atoms with E-state index in [1.54, 1.807) is 12.1 Å². The van der Waals surface area contributed by atoms with Crippen LogP contribution in [0.1, 0.15) is 42.5 Å². The number of piperidine rings is 2. The van der Waals surface area contributed by atoms with Crippen LogP contribution in [0.3, 0.4) is 0 Å². The number of nitrogens with zero attached hydrogens (tertiary/aromatic N) is 1. The minimum Gasteiger partial charge on any atom is -0.595 e. The lowest BCUT2D eigenvalue weighted by Crippen LogP contribution is -2.99. The lowest BCUT2D eigenvalue weighted by molar-refractivity contribution is -0.991. The maximum atomic E-state index is 12.7.